The molecular formula is C21H18F6N4O4. The first-order chi connectivity index (χ1) is 16.4. The molecule has 2 heterocycles. The predicted octanol–water partition coefficient (Wildman–Crippen LogP) is 2.74. The molecule has 0 amide bonds. The monoisotopic (exact) mass is 504 g/mol. The smallest absolute Gasteiger partial charge is 0.426 e. The molecule has 35 heavy (non-hydrogen) atoms. The number of carbonyl (C=O) groups excluding carboxylic acids is 2. The molecule has 4 N–H and O–H groups in total. The first-order valence-corrected chi connectivity index (χ1v) is 10.2. The van der Waals surface area contributed by atoms with Gasteiger partial charge in [-0.2, -0.15) is 26.3 Å². The van der Waals surface area contributed by atoms with Crippen molar-refractivity contribution in [3.63, 3.8) is 0 Å². The highest BCUT2D eigenvalue weighted by Crippen LogP contribution is 2.43. The maximum Gasteiger partial charge on any atom is 0.426 e. The van der Waals surface area contributed by atoms with Crippen LogP contribution in [0, 0.1) is 0 Å². The van der Waals surface area contributed by atoms with E-state index in [0.717, 1.165) is 24.3 Å². The van der Waals surface area contributed by atoms with Gasteiger partial charge in [0, 0.05) is 6.42 Å². The minimum Gasteiger partial charge on any atom is -0.462 e. The third-order valence-corrected chi connectivity index (χ3v) is 5.46. The van der Waals surface area contributed by atoms with Crippen molar-refractivity contribution in [3.05, 3.63) is 70.8 Å². The van der Waals surface area contributed by atoms with E-state index in [1.807, 2.05) is 0 Å². The molecule has 4 rings (SSSR count). The van der Waals surface area contributed by atoms with E-state index in [0.29, 0.717) is 0 Å². The van der Waals surface area contributed by atoms with Crippen molar-refractivity contribution >= 4 is 11.9 Å². The molecule has 0 unspecified atom stereocenters. The number of hydrogen-bond acceptors (Lipinski definition) is 8. The lowest BCUT2D eigenvalue weighted by Crippen LogP contribution is -2.34. The van der Waals surface area contributed by atoms with Crippen LogP contribution in [0.25, 0.3) is 0 Å². The van der Waals surface area contributed by atoms with Crippen LogP contribution in [0.5, 0.6) is 0 Å². The van der Waals surface area contributed by atoms with Crippen LogP contribution in [0.1, 0.15) is 38.3 Å². The molecule has 0 saturated carbocycles. The topological polar surface area (TPSA) is 140 Å². The van der Waals surface area contributed by atoms with E-state index >= 15 is 0 Å². The van der Waals surface area contributed by atoms with E-state index in [4.69, 9.17) is 9.47 Å². The zero-order valence-electron chi connectivity index (χ0n) is 17.6. The number of benzene rings is 2. The fraction of sp³-hybridized carbons (Fsp3) is 0.333. The maximum atomic E-state index is 13.1. The third-order valence-electron chi connectivity index (χ3n) is 5.46. The van der Waals surface area contributed by atoms with Crippen molar-refractivity contribution in [3.8, 4) is 0 Å². The standard InChI is InChI=1S/C21H18F6N4O4/c22-20(23,24)18(28-29-18)14-6-2-12(3-7-14)16(32)34-10-1-11-35-17(33)13-4-8-15(9-5-13)19(30-31-19)21(25,26)27/h2-9,28-31H,1,10-11H2. The number of carbonyl (C=O) groups is 2. The molecule has 8 nitrogen and oxygen atoms in total. The minimum atomic E-state index is -4.56. The van der Waals surface area contributed by atoms with E-state index in [2.05, 4.69) is 21.7 Å². The molecule has 0 aromatic heterocycles. The predicted molar refractivity (Wildman–Crippen MR) is 106 cm³/mol. The second-order valence-electron chi connectivity index (χ2n) is 7.78. The third kappa shape index (κ3) is 4.82. The molecular weight excluding hydrogens is 486 g/mol. The average Bonchev–Trinajstić information content (AvgIpc) is 3.71. The Balaban J connectivity index is 1.20. The molecule has 0 spiro atoms. The van der Waals surface area contributed by atoms with Gasteiger partial charge in [0.05, 0.1) is 24.3 Å². The molecule has 2 saturated heterocycles. The molecule has 2 aromatic rings. The Hall–Kier alpha value is -3.20. The van der Waals surface area contributed by atoms with Crippen LogP contribution in [0.2, 0.25) is 0 Å². The molecule has 2 aromatic carbocycles. The van der Waals surface area contributed by atoms with Crippen molar-refractivity contribution < 1.29 is 45.4 Å². The largest absolute Gasteiger partial charge is 0.462 e. The first-order valence-electron chi connectivity index (χ1n) is 10.2. The van der Waals surface area contributed by atoms with E-state index in [1.165, 1.54) is 24.3 Å². The maximum absolute atomic E-state index is 13.1. The van der Waals surface area contributed by atoms with E-state index in [-0.39, 0.29) is 41.9 Å². The lowest BCUT2D eigenvalue weighted by molar-refractivity contribution is -0.166. The summed E-state index contributed by atoms with van der Waals surface area (Å²) in [6.07, 6.45) is -9.00. The summed E-state index contributed by atoms with van der Waals surface area (Å²) in [6.45, 7) is -0.262. The van der Waals surface area contributed by atoms with Gasteiger partial charge in [-0.05, 0) is 35.4 Å². The summed E-state index contributed by atoms with van der Waals surface area (Å²) in [5.74, 6) is -1.53. The van der Waals surface area contributed by atoms with Crippen molar-refractivity contribution in [1.82, 2.24) is 21.7 Å². The van der Waals surface area contributed by atoms with Gasteiger partial charge in [-0.1, -0.05) is 24.3 Å². The van der Waals surface area contributed by atoms with Crippen molar-refractivity contribution in [1.29, 1.82) is 0 Å². The van der Waals surface area contributed by atoms with Gasteiger partial charge in [0.1, 0.15) is 0 Å². The Morgan fingerprint density at radius 1 is 0.629 bits per heavy atom. The zero-order chi connectivity index (χ0) is 25.5. The van der Waals surface area contributed by atoms with Crippen LogP contribution >= 0.6 is 0 Å². The summed E-state index contributed by atoms with van der Waals surface area (Å²) in [5, 5.41) is 0. The van der Waals surface area contributed by atoms with Gasteiger partial charge in [-0.15, -0.1) is 0 Å². The Morgan fingerprint density at radius 3 is 1.20 bits per heavy atom. The number of hydrogen-bond donors (Lipinski definition) is 4. The number of nitrogens with one attached hydrogen (secondary N) is 4. The van der Waals surface area contributed by atoms with Crippen LogP contribution < -0.4 is 21.7 Å². The average molecular weight is 504 g/mol. The summed E-state index contributed by atoms with van der Waals surface area (Å²) in [4.78, 5) is 24.1. The normalized spacial score (nSPS) is 18.0. The molecule has 0 radical (unpaired) electrons. The number of ether oxygens (including phenoxy) is 2. The molecule has 188 valence electrons. The Morgan fingerprint density at radius 2 is 0.943 bits per heavy atom. The van der Waals surface area contributed by atoms with Gasteiger partial charge >= 0.3 is 24.3 Å². The fourth-order valence-electron chi connectivity index (χ4n) is 3.29. The quantitative estimate of drug-likeness (QED) is 0.186. The Labute approximate surface area is 193 Å². The van der Waals surface area contributed by atoms with Crippen LogP contribution in [0.15, 0.2) is 48.5 Å². The molecule has 2 fully saturated rings. The lowest BCUT2D eigenvalue weighted by Gasteiger charge is -2.16. The summed E-state index contributed by atoms with van der Waals surface area (Å²) < 4.78 is 88.4. The van der Waals surface area contributed by atoms with E-state index in [1.54, 1.807) is 0 Å². The number of halogens is 6. The Kier molecular flexibility index (Phi) is 6.25. The molecule has 0 aliphatic carbocycles. The number of hydrazine groups is 2. The van der Waals surface area contributed by atoms with Crippen molar-refractivity contribution in [2.45, 2.75) is 30.1 Å². The first kappa shape index (κ1) is 24.9. The summed E-state index contributed by atoms with van der Waals surface area (Å²) in [6, 6.07) is 9.40. The Bertz CT molecular complexity index is 1010. The van der Waals surface area contributed by atoms with Crippen LogP contribution in [-0.4, -0.2) is 37.5 Å². The van der Waals surface area contributed by atoms with Gasteiger partial charge in [0.25, 0.3) is 0 Å². The second kappa shape index (κ2) is 8.78. The van der Waals surface area contributed by atoms with Crippen LogP contribution in [0.4, 0.5) is 26.3 Å². The minimum absolute atomic E-state index is 0.0417. The molecule has 2 aliphatic heterocycles. The zero-order valence-corrected chi connectivity index (χ0v) is 17.6. The highest BCUT2D eigenvalue weighted by molar-refractivity contribution is 5.90. The van der Waals surface area contributed by atoms with Crippen molar-refractivity contribution in [2.24, 2.45) is 0 Å². The van der Waals surface area contributed by atoms with Gasteiger partial charge in [0.15, 0.2) is 0 Å². The lowest BCUT2D eigenvalue weighted by atomic mass is 10.0. The van der Waals surface area contributed by atoms with E-state index in [9.17, 15) is 35.9 Å². The number of esters is 2. The molecule has 2 aliphatic rings. The van der Waals surface area contributed by atoms with Gasteiger partial charge in [0.2, 0.25) is 11.3 Å². The van der Waals surface area contributed by atoms with Crippen LogP contribution in [0.3, 0.4) is 0 Å². The van der Waals surface area contributed by atoms with Gasteiger partial charge < -0.3 is 9.47 Å². The summed E-state index contributed by atoms with van der Waals surface area (Å²) in [5.41, 5.74) is 3.43. The van der Waals surface area contributed by atoms with Crippen molar-refractivity contribution in [2.75, 3.05) is 13.2 Å². The van der Waals surface area contributed by atoms with E-state index < -0.39 is 35.6 Å². The second-order valence-corrected chi connectivity index (χ2v) is 7.78. The number of alkyl halides is 6. The summed E-state index contributed by atoms with van der Waals surface area (Å²) in [7, 11) is 0. The highest BCUT2D eigenvalue weighted by Gasteiger charge is 2.66. The highest BCUT2D eigenvalue weighted by atomic mass is 19.4. The molecule has 0 atom stereocenters. The molecule has 14 heteroatoms. The molecule has 0 bridgehead atoms. The SMILES string of the molecule is O=C(OCCCOC(=O)c1ccc(C2(C(F)(F)F)NN2)cc1)c1ccc(C2(C(F)(F)F)NN2)cc1. The van der Waals surface area contributed by atoms with Gasteiger partial charge in [-0.3, -0.25) is 0 Å². The number of rotatable bonds is 8. The van der Waals surface area contributed by atoms with Crippen LogP contribution in [-0.2, 0) is 20.8 Å². The van der Waals surface area contributed by atoms with Gasteiger partial charge in [-0.25, -0.2) is 31.3 Å². The fourth-order valence-corrected chi connectivity index (χ4v) is 3.29. The summed E-state index contributed by atoms with van der Waals surface area (Å²) >= 11 is 0.